The zero-order valence-corrected chi connectivity index (χ0v) is 6.58. The summed E-state index contributed by atoms with van der Waals surface area (Å²) in [5.74, 6) is -1.22. The van der Waals surface area contributed by atoms with Crippen LogP contribution in [0.5, 0.6) is 0 Å². The molecule has 0 amide bonds. The highest BCUT2D eigenvalue weighted by Crippen LogP contribution is 2.10. The first-order valence-electron chi connectivity index (χ1n) is 3.50. The molecule has 1 unspecified atom stereocenters. The van der Waals surface area contributed by atoms with Gasteiger partial charge in [0, 0.05) is 5.56 Å². The fraction of sp³-hybridized carbons (Fsp3) is 0.286. The summed E-state index contributed by atoms with van der Waals surface area (Å²) in [6.45, 7) is -0.481. The molecule has 0 bridgehead atoms. The van der Waals surface area contributed by atoms with Crippen LogP contribution in [0.25, 0.3) is 0 Å². The quantitative estimate of drug-likeness (QED) is 0.568. The van der Waals surface area contributed by atoms with Gasteiger partial charge < -0.3 is 15.3 Å². The number of hydrogen-bond donors (Lipinski definition) is 3. The predicted molar refractivity (Wildman–Crippen MR) is 41.0 cm³/mol. The minimum absolute atomic E-state index is 0.231. The number of carboxylic acids is 1. The Hall–Kier alpha value is -1.53. The average molecular weight is 184 g/mol. The summed E-state index contributed by atoms with van der Waals surface area (Å²) in [6, 6.07) is 1.16. The van der Waals surface area contributed by atoms with E-state index in [2.05, 4.69) is 10.2 Å². The van der Waals surface area contributed by atoms with E-state index in [-0.39, 0.29) is 11.3 Å². The van der Waals surface area contributed by atoms with E-state index in [1.807, 2.05) is 0 Å². The molecule has 70 valence electrons. The zero-order valence-electron chi connectivity index (χ0n) is 6.58. The van der Waals surface area contributed by atoms with Crippen LogP contribution in [0.15, 0.2) is 12.3 Å². The van der Waals surface area contributed by atoms with Crippen LogP contribution in [-0.4, -0.2) is 38.1 Å². The van der Waals surface area contributed by atoms with Crippen molar-refractivity contribution in [2.75, 3.05) is 6.61 Å². The average Bonchev–Trinajstić information content (AvgIpc) is 2.17. The molecule has 0 spiro atoms. The largest absolute Gasteiger partial charge is 0.476 e. The second kappa shape index (κ2) is 3.92. The van der Waals surface area contributed by atoms with Crippen molar-refractivity contribution >= 4 is 5.97 Å². The van der Waals surface area contributed by atoms with Gasteiger partial charge in [-0.1, -0.05) is 0 Å². The van der Waals surface area contributed by atoms with Gasteiger partial charge in [-0.3, -0.25) is 0 Å². The molecule has 0 aliphatic rings. The van der Waals surface area contributed by atoms with E-state index in [9.17, 15) is 4.79 Å². The van der Waals surface area contributed by atoms with Gasteiger partial charge >= 0.3 is 5.97 Å². The first-order valence-corrected chi connectivity index (χ1v) is 3.50. The lowest BCUT2D eigenvalue weighted by Crippen LogP contribution is -2.08. The third kappa shape index (κ3) is 2.20. The van der Waals surface area contributed by atoms with Crippen molar-refractivity contribution in [2.24, 2.45) is 0 Å². The molecule has 0 aromatic carbocycles. The van der Waals surface area contributed by atoms with Crippen molar-refractivity contribution in [3.63, 3.8) is 0 Å². The van der Waals surface area contributed by atoms with Crippen LogP contribution in [0.1, 0.15) is 22.2 Å². The third-order valence-electron chi connectivity index (χ3n) is 1.45. The zero-order chi connectivity index (χ0) is 9.84. The van der Waals surface area contributed by atoms with Gasteiger partial charge in [0.1, 0.15) is 6.10 Å². The lowest BCUT2D eigenvalue weighted by molar-refractivity contribution is 0.0687. The number of carbonyl (C=O) groups is 1. The number of aliphatic hydroxyl groups is 2. The Morgan fingerprint density at radius 3 is 2.85 bits per heavy atom. The van der Waals surface area contributed by atoms with Crippen LogP contribution < -0.4 is 0 Å². The van der Waals surface area contributed by atoms with Gasteiger partial charge in [0.05, 0.1) is 12.8 Å². The Bertz CT molecular complexity index is 315. The van der Waals surface area contributed by atoms with Crippen LogP contribution in [0.3, 0.4) is 0 Å². The van der Waals surface area contributed by atoms with E-state index < -0.39 is 18.7 Å². The van der Waals surface area contributed by atoms with Crippen molar-refractivity contribution < 1.29 is 20.1 Å². The summed E-state index contributed by atoms with van der Waals surface area (Å²) in [5, 5.41) is 32.9. The van der Waals surface area contributed by atoms with E-state index in [0.717, 1.165) is 6.07 Å². The normalized spacial score (nSPS) is 12.5. The van der Waals surface area contributed by atoms with Gasteiger partial charge in [-0.15, -0.1) is 5.10 Å². The highest BCUT2D eigenvalue weighted by molar-refractivity contribution is 5.85. The molecule has 6 heteroatoms. The summed E-state index contributed by atoms with van der Waals surface area (Å²) in [5.41, 5.74) is -0.0279. The van der Waals surface area contributed by atoms with Crippen LogP contribution >= 0.6 is 0 Å². The second-order valence-corrected chi connectivity index (χ2v) is 2.38. The lowest BCUT2D eigenvalue weighted by Gasteiger charge is -2.05. The predicted octanol–water partition coefficient (Wildman–Crippen LogP) is -0.800. The van der Waals surface area contributed by atoms with Gasteiger partial charge in [-0.25, -0.2) is 4.79 Å². The summed E-state index contributed by atoms with van der Waals surface area (Å²) < 4.78 is 0. The monoisotopic (exact) mass is 184 g/mol. The van der Waals surface area contributed by atoms with Crippen LogP contribution in [0.4, 0.5) is 0 Å². The maximum Gasteiger partial charge on any atom is 0.356 e. The van der Waals surface area contributed by atoms with Crippen LogP contribution in [0.2, 0.25) is 0 Å². The molecule has 1 aromatic heterocycles. The fourth-order valence-electron chi connectivity index (χ4n) is 0.774. The minimum atomic E-state index is -1.22. The Morgan fingerprint density at radius 2 is 2.31 bits per heavy atom. The lowest BCUT2D eigenvalue weighted by atomic mass is 10.1. The van der Waals surface area contributed by atoms with Gasteiger partial charge in [0.25, 0.3) is 0 Å². The van der Waals surface area contributed by atoms with Crippen molar-refractivity contribution in [3.8, 4) is 0 Å². The number of aromatic carboxylic acids is 1. The Balaban J connectivity index is 2.98. The molecule has 0 saturated carbocycles. The molecular formula is C7H8N2O4. The summed E-state index contributed by atoms with van der Waals surface area (Å²) in [4.78, 5) is 10.4. The molecule has 1 atom stereocenters. The number of nitrogens with zero attached hydrogens (tertiary/aromatic N) is 2. The second-order valence-electron chi connectivity index (χ2n) is 2.38. The van der Waals surface area contributed by atoms with E-state index >= 15 is 0 Å². The van der Waals surface area contributed by atoms with E-state index in [1.165, 1.54) is 6.20 Å². The van der Waals surface area contributed by atoms with Crippen LogP contribution in [-0.2, 0) is 0 Å². The van der Waals surface area contributed by atoms with Crippen molar-refractivity contribution in [1.29, 1.82) is 0 Å². The molecule has 1 rings (SSSR count). The SMILES string of the molecule is O=C(O)c1cc(C(O)CO)cnn1. The molecule has 3 N–H and O–H groups in total. The van der Waals surface area contributed by atoms with Gasteiger partial charge in [-0.05, 0) is 6.07 Å². The van der Waals surface area contributed by atoms with E-state index in [1.54, 1.807) is 0 Å². The number of aromatic nitrogens is 2. The van der Waals surface area contributed by atoms with Gasteiger partial charge in [0.15, 0.2) is 5.69 Å². The Kier molecular flexibility index (Phi) is 2.88. The molecule has 1 aromatic rings. The maximum absolute atomic E-state index is 10.4. The topological polar surface area (TPSA) is 104 Å². The molecule has 6 nitrogen and oxygen atoms in total. The standard InChI is InChI=1S/C7H8N2O4/c10-3-6(11)4-1-5(7(12)13)9-8-2-4/h1-2,6,10-11H,3H2,(H,12,13). The fourth-order valence-corrected chi connectivity index (χ4v) is 0.774. The smallest absolute Gasteiger partial charge is 0.356 e. The van der Waals surface area contributed by atoms with Crippen LogP contribution in [0, 0.1) is 0 Å². The first-order chi connectivity index (χ1) is 6.15. The molecule has 13 heavy (non-hydrogen) atoms. The summed E-state index contributed by atoms with van der Waals surface area (Å²) >= 11 is 0. The Labute approximate surface area is 73.5 Å². The third-order valence-corrected chi connectivity index (χ3v) is 1.45. The molecule has 0 saturated heterocycles. The van der Waals surface area contributed by atoms with Crippen molar-refractivity contribution in [2.45, 2.75) is 6.10 Å². The Morgan fingerprint density at radius 1 is 1.62 bits per heavy atom. The minimum Gasteiger partial charge on any atom is -0.476 e. The first kappa shape index (κ1) is 9.56. The molecule has 0 fully saturated rings. The number of rotatable bonds is 3. The molecule has 0 aliphatic carbocycles. The molecule has 0 aliphatic heterocycles. The van der Waals surface area contributed by atoms with Crippen molar-refractivity contribution in [3.05, 3.63) is 23.5 Å². The van der Waals surface area contributed by atoms with Crippen molar-refractivity contribution in [1.82, 2.24) is 10.2 Å². The number of aliphatic hydroxyl groups excluding tert-OH is 2. The summed E-state index contributed by atoms with van der Waals surface area (Å²) in [6.07, 6.45) is 0.0847. The van der Waals surface area contributed by atoms with E-state index in [4.69, 9.17) is 15.3 Å². The maximum atomic E-state index is 10.4. The number of hydrogen-bond acceptors (Lipinski definition) is 5. The molecule has 1 heterocycles. The number of carboxylic acid groups (broad SMARTS) is 1. The molecule has 0 radical (unpaired) electrons. The van der Waals surface area contributed by atoms with Gasteiger partial charge in [0.2, 0.25) is 0 Å². The summed E-state index contributed by atoms with van der Waals surface area (Å²) in [7, 11) is 0. The highest BCUT2D eigenvalue weighted by Gasteiger charge is 2.11. The molecular weight excluding hydrogens is 176 g/mol. The van der Waals surface area contributed by atoms with E-state index in [0.29, 0.717) is 0 Å². The highest BCUT2D eigenvalue weighted by atomic mass is 16.4. The van der Waals surface area contributed by atoms with Gasteiger partial charge in [-0.2, -0.15) is 5.10 Å².